The summed E-state index contributed by atoms with van der Waals surface area (Å²) in [6.07, 6.45) is 3.72. The summed E-state index contributed by atoms with van der Waals surface area (Å²) < 4.78 is 0. The monoisotopic (exact) mass is 262 g/mol. The van der Waals surface area contributed by atoms with Crippen LogP contribution in [0, 0.1) is 6.92 Å². The molecule has 0 saturated carbocycles. The van der Waals surface area contributed by atoms with Crippen molar-refractivity contribution in [2.45, 2.75) is 52.6 Å². The smallest absolute Gasteiger partial charge is 0.0234 e. The van der Waals surface area contributed by atoms with Gasteiger partial charge in [0.15, 0.2) is 0 Å². The quantitative estimate of drug-likeness (QED) is 0.684. The molecule has 1 unspecified atom stereocenters. The van der Waals surface area contributed by atoms with Crippen LogP contribution >= 0.6 is 0 Å². The minimum absolute atomic E-state index is 0.637. The van der Waals surface area contributed by atoms with Gasteiger partial charge < -0.3 is 5.32 Å². The van der Waals surface area contributed by atoms with Crippen LogP contribution in [0.5, 0.6) is 0 Å². The zero-order valence-corrected chi connectivity index (χ0v) is 13.1. The van der Waals surface area contributed by atoms with Gasteiger partial charge in [-0.25, -0.2) is 0 Å². The number of aryl methyl sites for hydroxylation is 1. The first-order valence-corrected chi connectivity index (χ1v) is 7.63. The summed E-state index contributed by atoms with van der Waals surface area (Å²) in [5, 5.41) is 3.55. The van der Waals surface area contributed by atoms with Crippen LogP contribution < -0.4 is 5.32 Å². The van der Waals surface area contributed by atoms with E-state index in [-0.39, 0.29) is 0 Å². The molecule has 108 valence electrons. The highest BCUT2D eigenvalue weighted by atomic mass is 15.1. The van der Waals surface area contributed by atoms with E-state index >= 15 is 0 Å². The topological polar surface area (TPSA) is 15.3 Å². The van der Waals surface area contributed by atoms with Crippen LogP contribution in [0.4, 0.5) is 0 Å². The molecule has 1 N–H and O–H groups in total. The van der Waals surface area contributed by atoms with Gasteiger partial charge in [-0.2, -0.15) is 0 Å². The maximum absolute atomic E-state index is 3.55. The molecule has 0 aliphatic rings. The number of rotatable bonds is 9. The molecule has 2 nitrogen and oxygen atoms in total. The second-order valence-corrected chi connectivity index (χ2v) is 5.55. The number of nitrogens with one attached hydrogen (secondary N) is 1. The molecule has 0 radical (unpaired) electrons. The van der Waals surface area contributed by atoms with Crippen LogP contribution in [0.1, 0.15) is 44.2 Å². The van der Waals surface area contributed by atoms with E-state index in [1.165, 1.54) is 30.4 Å². The first-order valence-electron chi connectivity index (χ1n) is 7.63. The summed E-state index contributed by atoms with van der Waals surface area (Å²) in [6.45, 7) is 9.90. The Bertz CT molecular complexity index is 332. The first kappa shape index (κ1) is 16.2. The van der Waals surface area contributed by atoms with Gasteiger partial charge in [-0.05, 0) is 38.9 Å². The highest BCUT2D eigenvalue weighted by molar-refractivity contribution is 5.21. The first-order chi connectivity index (χ1) is 9.17. The Labute approximate surface area is 119 Å². The molecule has 0 aromatic heterocycles. The Morgan fingerprint density at radius 1 is 1.11 bits per heavy atom. The average molecular weight is 262 g/mol. The molecular weight excluding hydrogens is 232 g/mol. The molecule has 2 heteroatoms. The van der Waals surface area contributed by atoms with E-state index in [1.54, 1.807) is 0 Å². The molecule has 0 aliphatic heterocycles. The van der Waals surface area contributed by atoms with Crippen molar-refractivity contribution >= 4 is 0 Å². The standard InChI is InChI=1S/C17H30N2/c1-5-7-17(13-18-12-6-2)19(4)14-16-10-8-15(3)9-11-16/h8-11,17-18H,5-7,12-14H2,1-4H3. The molecule has 0 bridgehead atoms. The van der Waals surface area contributed by atoms with Crippen molar-refractivity contribution in [3.8, 4) is 0 Å². The number of benzene rings is 1. The normalized spacial score (nSPS) is 12.9. The lowest BCUT2D eigenvalue weighted by molar-refractivity contribution is 0.215. The Kier molecular flexibility index (Phi) is 7.76. The fraction of sp³-hybridized carbons (Fsp3) is 0.647. The van der Waals surface area contributed by atoms with Crippen LogP contribution in [0.3, 0.4) is 0 Å². The van der Waals surface area contributed by atoms with Crippen LogP contribution in [0.15, 0.2) is 24.3 Å². The van der Waals surface area contributed by atoms with Gasteiger partial charge in [-0.1, -0.05) is 50.1 Å². The summed E-state index contributed by atoms with van der Waals surface area (Å²) in [6, 6.07) is 9.53. The fourth-order valence-corrected chi connectivity index (χ4v) is 2.37. The zero-order chi connectivity index (χ0) is 14.1. The SMILES string of the molecule is CCCNCC(CCC)N(C)Cc1ccc(C)cc1. The molecule has 0 aliphatic carbocycles. The molecule has 0 heterocycles. The van der Waals surface area contributed by atoms with Crippen molar-refractivity contribution in [2.24, 2.45) is 0 Å². The maximum atomic E-state index is 3.55. The van der Waals surface area contributed by atoms with Gasteiger partial charge in [-0.3, -0.25) is 4.90 Å². The molecule has 1 atom stereocenters. The predicted octanol–water partition coefficient (Wildman–Crippen LogP) is 3.60. The lowest BCUT2D eigenvalue weighted by Gasteiger charge is -2.28. The van der Waals surface area contributed by atoms with Crippen molar-refractivity contribution in [3.63, 3.8) is 0 Å². The second-order valence-electron chi connectivity index (χ2n) is 5.55. The summed E-state index contributed by atoms with van der Waals surface area (Å²) >= 11 is 0. The predicted molar refractivity (Wildman–Crippen MR) is 84.5 cm³/mol. The highest BCUT2D eigenvalue weighted by Gasteiger charge is 2.13. The van der Waals surface area contributed by atoms with Gasteiger partial charge in [0.1, 0.15) is 0 Å². The van der Waals surface area contributed by atoms with E-state index < -0.39 is 0 Å². The van der Waals surface area contributed by atoms with E-state index in [0.29, 0.717) is 6.04 Å². The molecule has 0 fully saturated rings. The third kappa shape index (κ3) is 6.22. The lowest BCUT2D eigenvalue weighted by atomic mass is 10.1. The fourth-order valence-electron chi connectivity index (χ4n) is 2.37. The molecule has 0 amide bonds. The number of nitrogens with zero attached hydrogens (tertiary/aromatic N) is 1. The Hall–Kier alpha value is -0.860. The van der Waals surface area contributed by atoms with Crippen molar-refractivity contribution in [1.82, 2.24) is 10.2 Å². The number of hydrogen-bond donors (Lipinski definition) is 1. The van der Waals surface area contributed by atoms with Gasteiger partial charge in [0.2, 0.25) is 0 Å². The Morgan fingerprint density at radius 2 is 1.79 bits per heavy atom. The third-order valence-electron chi connectivity index (χ3n) is 3.60. The molecule has 1 rings (SSSR count). The molecule has 19 heavy (non-hydrogen) atoms. The highest BCUT2D eigenvalue weighted by Crippen LogP contribution is 2.11. The van der Waals surface area contributed by atoms with E-state index in [9.17, 15) is 0 Å². The van der Waals surface area contributed by atoms with E-state index in [1.807, 2.05) is 0 Å². The Morgan fingerprint density at radius 3 is 2.37 bits per heavy atom. The largest absolute Gasteiger partial charge is 0.315 e. The van der Waals surface area contributed by atoms with Gasteiger partial charge in [0, 0.05) is 19.1 Å². The zero-order valence-electron chi connectivity index (χ0n) is 13.1. The van der Waals surface area contributed by atoms with E-state index in [0.717, 1.165) is 19.6 Å². The van der Waals surface area contributed by atoms with E-state index in [4.69, 9.17) is 0 Å². The van der Waals surface area contributed by atoms with Crippen LogP contribution in [-0.4, -0.2) is 31.1 Å². The second kappa shape index (κ2) is 9.11. The summed E-state index contributed by atoms with van der Waals surface area (Å²) in [7, 11) is 2.24. The summed E-state index contributed by atoms with van der Waals surface area (Å²) in [5.74, 6) is 0. The van der Waals surface area contributed by atoms with Crippen LogP contribution in [-0.2, 0) is 6.54 Å². The van der Waals surface area contributed by atoms with Crippen molar-refractivity contribution in [1.29, 1.82) is 0 Å². The Balaban J connectivity index is 2.50. The van der Waals surface area contributed by atoms with Crippen molar-refractivity contribution in [3.05, 3.63) is 35.4 Å². The van der Waals surface area contributed by atoms with Gasteiger partial charge in [0.25, 0.3) is 0 Å². The minimum Gasteiger partial charge on any atom is -0.315 e. The van der Waals surface area contributed by atoms with Crippen LogP contribution in [0.25, 0.3) is 0 Å². The molecule has 1 aromatic carbocycles. The van der Waals surface area contributed by atoms with E-state index in [2.05, 4.69) is 62.3 Å². The minimum atomic E-state index is 0.637. The van der Waals surface area contributed by atoms with Crippen LogP contribution in [0.2, 0.25) is 0 Å². The average Bonchev–Trinajstić information content (AvgIpc) is 2.40. The molecular formula is C17H30N2. The van der Waals surface area contributed by atoms with Crippen molar-refractivity contribution < 1.29 is 0 Å². The van der Waals surface area contributed by atoms with Gasteiger partial charge in [-0.15, -0.1) is 0 Å². The van der Waals surface area contributed by atoms with Gasteiger partial charge in [0.05, 0.1) is 0 Å². The summed E-state index contributed by atoms with van der Waals surface area (Å²) in [5.41, 5.74) is 2.74. The van der Waals surface area contributed by atoms with Crippen molar-refractivity contribution in [2.75, 3.05) is 20.1 Å². The summed E-state index contributed by atoms with van der Waals surface area (Å²) in [4.78, 5) is 2.48. The number of likely N-dealkylation sites (N-methyl/N-ethyl adjacent to an activating group) is 1. The van der Waals surface area contributed by atoms with Gasteiger partial charge >= 0.3 is 0 Å². The molecule has 0 saturated heterocycles. The lowest BCUT2D eigenvalue weighted by Crippen LogP contribution is -2.39. The third-order valence-corrected chi connectivity index (χ3v) is 3.60. The molecule has 1 aromatic rings. The maximum Gasteiger partial charge on any atom is 0.0234 e. The molecule has 0 spiro atoms. The number of hydrogen-bond acceptors (Lipinski definition) is 2.